The Morgan fingerprint density at radius 1 is 1.00 bits per heavy atom. The molecule has 0 radical (unpaired) electrons. The van der Waals surface area contributed by atoms with E-state index < -0.39 is 48.9 Å². The van der Waals surface area contributed by atoms with Gasteiger partial charge in [0, 0.05) is 18.9 Å². The molecule has 1 amide bonds. The van der Waals surface area contributed by atoms with Gasteiger partial charge in [0.25, 0.3) is 5.91 Å². The fourth-order valence-corrected chi connectivity index (χ4v) is 5.67. The number of alkyl halides is 6. The van der Waals surface area contributed by atoms with Gasteiger partial charge in [-0.3, -0.25) is 9.78 Å². The van der Waals surface area contributed by atoms with Crippen molar-refractivity contribution >= 4 is 15.7 Å². The average Bonchev–Trinajstić information content (AvgIpc) is 2.71. The zero-order valence-corrected chi connectivity index (χ0v) is 19.0. The van der Waals surface area contributed by atoms with E-state index in [9.17, 15) is 39.6 Å². The highest BCUT2D eigenvalue weighted by atomic mass is 32.2. The lowest BCUT2D eigenvalue weighted by atomic mass is 9.69. The summed E-state index contributed by atoms with van der Waals surface area (Å²) in [5, 5.41) is 2.53. The molecular formula is C22H22F6N2O3S. The molecule has 12 heteroatoms. The third kappa shape index (κ3) is 5.21. The number of benzene rings is 1. The molecule has 3 rings (SSSR count). The van der Waals surface area contributed by atoms with E-state index in [1.807, 2.05) is 0 Å². The molecule has 1 fully saturated rings. The van der Waals surface area contributed by atoms with Crippen molar-refractivity contribution in [2.45, 2.75) is 48.7 Å². The Hall–Kier alpha value is -2.63. The highest BCUT2D eigenvalue weighted by Crippen LogP contribution is 2.46. The van der Waals surface area contributed by atoms with Gasteiger partial charge in [0.05, 0.1) is 26.3 Å². The summed E-state index contributed by atoms with van der Waals surface area (Å²) in [5.74, 6) is -1.23. The maximum absolute atomic E-state index is 13.1. The van der Waals surface area contributed by atoms with Gasteiger partial charge in [-0.15, -0.1) is 0 Å². The summed E-state index contributed by atoms with van der Waals surface area (Å²) >= 11 is 0. The summed E-state index contributed by atoms with van der Waals surface area (Å²) in [6.45, 7) is 3.03. The van der Waals surface area contributed by atoms with Crippen LogP contribution in [0.2, 0.25) is 0 Å². The second kappa shape index (κ2) is 8.86. The summed E-state index contributed by atoms with van der Waals surface area (Å²) in [4.78, 5) is 15.2. The Labute approximate surface area is 192 Å². The van der Waals surface area contributed by atoms with Crippen molar-refractivity contribution in [3.05, 3.63) is 59.4 Å². The van der Waals surface area contributed by atoms with Gasteiger partial charge in [-0.2, -0.15) is 26.3 Å². The van der Waals surface area contributed by atoms with E-state index >= 15 is 0 Å². The standard InChI is InChI=1S/C22H22F6N2O3S/c1-20(2,34(32,33)18-5-3-4-15(9-18)21(23,24)25)16-6-13(7-16)10-30-19(31)14-8-17(12-29-11-14)22(26,27)28/h3-5,8-9,11-13,16H,6-7,10H2,1-2H3,(H,30,31). The molecule has 0 spiro atoms. The average molecular weight is 508 g/mol. The number of sulfone groups is 1. The lowest BCUT2D eigenvalue weighted by Gasteiger charge is -2.44. The van der Waals surface area contributed by atoms with Gasteiger partial charge < -0.3 is 5.32 Å². The van der Waals surface area contributed by atoms with Crippen LogP contribution in [0.3, 0.4) is 0 Å². The van der Waals surface area contributed by atoms with E-state index in [1.54, 1.807) is 0 Å². The number of rotatable bonds is 6. The van der Waals surface area contributed by atoms with Crippen LogP contribution in [-0.2, 0) is 22.2 Å². The molecule has 1 heterocycles. The predicted molar refractivity (Wildman–Crippen MR) is 110 cm³/mol. The first-order valence-corrected chi connectivity index (χ1v) is 11.7. The molecule has 34 heavy (non-hydrogen) atoms. The van der Waals surface area contributed by atoms with Crippen molar-refractivity contribution in [2.75, 3.05) is 6.54 Å². The monoisotopic (exact) mass is 508 g/mol. The quantitative estimate of drug-likeness (QED) is 0.549. The first-order chi connectivity index (χ1) is 15.5. The molecule has 1 N–H and O–H groups in total. The van der Waals surface area contributed by atoms with Gasteiger partial charge in [0.15, 0.2) is 9.84 Å². The second-order valence-electron chi connectivity index (χ2n) is 8.84. The zero-order chi connectivity index (χ0) is 25.5. The van der Waals surface area contributed by atoms with Crippen LogP contribution in [0, 0.1) is 11.8 Å². The second-order valence-corrected chi connectivity index (χ2v) is 11.4. The van der Waals surface area contributed by atoms with Crippen LogP contribution in [0.15, 0.2) is 47.6 Å². The molecule has 186 valence electrons. The van der Waals surface area contributed by atoms with E-state index in [4.69, 9.17) is 0 Å². The zero-order valence-electron chi connectivity index (χ0n) is 18.2. The van der Waals surface area contributed by atoms with Crippen molar-refractivity contribution in [3.8, 4) is 0 Å². The van der Waals surface area contributed by atoms with Gasteiger partial charge in [0.2, 0.25) is 0 Å². The third-order valence-corrected chi connectivity index (χ3v) is 8.86. The molecule has 0 bridgehead atoms. The number of carbonyl (C=O) groups excluding carboxylic acids is 1. The van der Waals surface area contributed by atoms with Crippen molar-refractivity contribution < 1.29 is 39.6 Å². The smallest absolute Gasteiger partial charge is 0.352 e. The van der Waals surface area contributed by atoms with Crippen LogP contribution in [0.4, 0.5) is 26.3 Å². The largest absolute Gasteiger partial charge is 0.417 e. The molecule has 5 nitrogen and oxygen atoms in total. The molecule has 1 aromatic carbocycles. The van der Waals surface area contributed by atoms with E-state index in [0.717, 1.165) is 24.4 Å². The summed E-state index contributed by atoms with van der Waals surface area (Å²) in [6, 6.07) is 4.29. The number of halogens is 6. The van der Waals surface area contributed by atoms with Crippen LogP contribution in [-0.4, -0.2) is 30.6 Å². The van der Waals surface area contributed by atoms with Crippen molar-refractivity contribution in [1.29, 1.82) is 0 Å². The topological polar surface area (TPSA) is 76.1 Å². The van der Waals surface area contributed by atoms with Crippen LogP contribution >= 0.6 is 0 Å². The van der Waals surface area contributed by atoms with Gasteiger partial charge in [-0.05, 0) is 62.8 Å². The molecule has 1 aromatic heterocycles. The SMILES string of the molecule is CC(C)(C1CC(CNC(=O)c2cncc(C(F)(F)F)c2)C1)S(=O)(=O)c1cccc(C(F)(F)F)c1. The molecule has 0 saturated heterocycles. The minimum absolute atomic E-state index is 0.116. The summed E-state index contributed by atoms with van der Waals surface area (Å²) in [6.07, 6.45) is -6.93. The summed E-state index contributed by atoms with van der Waals surface area (Å²) < 4.78 is 102. The maximum atomic E-state index is 13.1. The number of hydrogen-bond acceptors (Lipinski definition) is 4. The summed E-state index contributed by atoms with van der Waals surface area (Å²) in [7, 11) is -4.10. The minimum atomic E-state index is -4.68. The van der Waals surface area contributed by atoms with E-state index in [1.165, 1.54) is 13.8 Å². The van der Waals surface area contributed by atoms with Gasteiger partial charge >= 0.3 is 12.4 Å². The first kappa shape index (κ1) is 26.0. The third-order valence-electron chi connectivity index (χ3n) is 6.26. The number of nitrogens with one attached hydrogen (secondary N) is 1. The molecule has 0 unspecified atom stereocenters. The maximum Gasteiger partial charge on any atom is 0.417 e. The van der Waals surface area contributed by atoms with Crippen LogP contribution < -0.4 is 5.32 Å². The molecule has 1 saturated carbocycles. The van der Waals surface area contributed by atoms with E-state index in [2.05, 4.69) is 10.3 Å². The lowest BCUT2D eigenvalue weighted by Crippen LogP contribution is -2.48. The highest BCUT2D eigenvalue weighted by molar-refractivity contribution is 7.92. The Balaban J connectivity index is 1.62. The van der Waals surface area contributed by atoms with Crippen molar-refractivity contribution in [1.82, 2.24) is 10.3 Å². The van der Waals surface area contributed by atoms with Gasteiger partial charge in [-0.25, -0.2) is 8.42 Å². The molecule has 1 aliphatic carbocycles. The number of pyridine rings is 1. The van der Waals surface area contributed by atoms with Crippen LogP contribution in [0.1, 0.15) is 48.2 Å². The minimum Gasteiger partial charge on any atom is -0.352 e. The normalized spacial score (nSPS) is 19.4. The number of amides is 1. The highest BCUT2D eigenvalue weighted by Gasteiger charge is 2.48. The fraction of sp³-hybridized carbons (Fsp3) is 0.455. The number of carbonyl (C=O) groups is 1. The molecule has 2 aromatic rings. The summed E-state index contributed by atoms with van der Waals surface area (Å²) in [5.41, 5.74) is -2.36. The van der Waals surface area contributed by atoms with Crippen molar-refractivity contribution in [3.63, 3.8) is 0 Å². The van der Waals surface area contributed by atoms with Gasteiger partial charge in [-0.1, -0.05) is 6.07 Å². The molecule has 1 aliphatic rings. The molecule has 0 atom stereocenters. The number of aromatic nitrogens is 1. The Kier molecular flexibility index (Phi) is 6.77. The number of nitrogens with zero attached hydrogens (tertiary/aromatic N) is 1. The van der Waals surface area contributed by atoms with Crippen LogP contribution in [0.5, 0.6) is 0 Å². The van der Waals surface area contributed by atoms with Crippen LogP contribution in [0.25, 0.3) is 0 Å². The molecular weight excluding hydrogens is 486 g/mol. The lowest BCUT2D eigenvalue weighted by molar-refractivity contribution is -0.138. The predicted octanol–water partition coefficient (Wildman–Crippen LogP) is 5.13. The van der Waals surface area contributed by atoms with Gasteiger partial charge in [0.1, 0.15) is 0 Å². The van der Waals surface area contributed by atoms with E-state index in [0.29, 0.717) is 31.2 Å². The fourth-order valence-electron chi connectivity index (χ4n) is 3.89. The number of hydrogen-bond donors (Lipinski definition) is 1. The van der Waals surface area contributed by atoms with Crippen molar-refractivity contribution in [2.24, 2.45) is 11.8 Å². The Morgan fingerprint density at radius 3 is 2.21 bits per heavy atom. The molecule has 0 aliphatic heterocycles. The Bertz CT molecular complexity index is 1170. The van der Waals surface area contributed by atoms with E-state index in [-0.39, 0.29) is 23.9 Å². The first-order valence-electron chi connectivity index (χ1n) is 10.3. The Morgan fingerprint density at radius 2 is 1.62 bits per heavy atom.